The molecule has 3 heterocycles. The maximum absolute atomic E-state index is 12.0. The Morgan fingerprint density at radius 3 is 2.72 bits per heavy atom. The van der Waals surface area contributed by atoms with Crippen molar-refractivity contribution in [1.82, 2.24) is 14.7 Å². The highest BCUT2D eigenvalue weighted by Gasteiger charge is 2.34. The van der Waals surface area contributed by atoms with Gasteiger partial charge in [-0.1, -0.05) is 18.2 Å². The molecule has 3 saturated heterocycles. The number of nitrogens with zero attached hydrogens (tertiary/aromatic N) is 3. The van der Waals surface area contributed by atoms with Crippen LogP contribution in [-0.2, 0) is 4.79 Å². The number of piperidine rings is 1. The van der Waals surface area contributed by atoms with Gasteiger partial charge in [0, 0.05) is 46.3 Å². The molecule has 3 fully saturated rings. The Balaban J connectivity index is 1.45. The third-order valence-corrected chi connectivity index (χ3v) is 5.36. The fourth-order valence-electron chi connectivity index (χ4n) is 3.99. The largest absolute Gasteiger partial charge is 0.494 e. The van der Waals surface area contributed by atoms with Crippen LogP contribution in [0.4, 0.5) is 0 Å². The third kappa shape index (κ3) is 5.19. The van der Waals surface area contributed by atoms with Gasteiger partial charge in [0.05, 0.1) is 13.2 Å². The second-order valence-corrected chi connectivity index (χ2v) is 7.59. The molecule has 0 aromatic heterocycles. The Morgan fingerprint density at radius 2 is 1.96 bits per heavy atom. The van der Waals surface area contributed by atoms with Crippen molar-refractivity contribution in [2.75, 3.05) is 53.4 Å². The summed E-state index contributed by atoms with van der Waals surface area (Å²) in [7, 11) is 3.68. The van der Waals surface area contributed by atoms with E-state index in [-0.39, 0.29) is 5.91 Å². The van der Waals surface area contributed by atoms with Crippen molar-refractivity contribution >= 4 is 5.91 Å². The highest BCUT2D eigenvalue weighted by Crippen LogP contribution is 2.28. The van der Waals surface area contributed by atoms with Gasteiger partial charge < -0.3 is 9.64 Å². The van der Waals surface area contributed by atoms with E-state index in [4.69, 9.17) is 4.74 Å². The number of carbonyl (C=O) groups excluding carboxylic acids is 1. The SMILES string of the molecule is CN(C)C(=O)CN1C[C@H]2CC[C@@H](C1)N(CCCOc1ccccc1)C2. The van der Waals surface area contributed by atoms with Crippen molar-refractivity contribution in [3.8, 4) is 5.75 Å². The second-order valence-electron chi connectivity index (χ2n) is 7.59. The number of hydrogen-bond donors (Lipinski definition) is 0. The second kappa shape index (κ2) is 8.68. The van der Waals surface area contributed by atoms with E-state index >= 15 is 0 Å². The Kier molecular flexibility index (Phi) is 6.32. The summed E-state index contributed by atoms with van der Waals surface area (Å²) in [6.07, 6.45) is 3.61. The molecule has 0 N–H and O–H groups in total. The molecular formula is C20H31N3O2. The summed E-state index contributed by atoms with van der Waals surface area (Å²) < 4.78 is 5.82. The van der Waals surface area contributed by atoms with Gasteiger partial charge in [-0.2, -0.15) is 0 Å². The highest BCUT2D eigenvalue weighted by molar-refractivity contribution is 5.77. The van der Waals surface area contributed by atoms with Crippen molar-refractivity contribution in [3.05, 3.63) is 30.3 Å². The first kappa shape index (κ1) is 18.2. The third-order valence-electron chi connectivity index (χ3n) is 5.36. The topological polar surface area (TPSA) is 36.0 Å². The lowest BCUT2D eigenvalue weighted by Gasteiger charge is -2.36. The van der Waals surface area contributed by atoms with Crippen LogP contribution in [0.25, 0.3) is 0 Å². The van der Waals surface area contributed by atoms with Gasteiger partial charge in [0.25, 0.3) is 0 Å². The predicted molar refractivity (Wildman–Crippen MR) is 99.8 cm³/mol. The lowest BCUT2D eigenvalue weighted by molar-refractivity contribution is -0.130. The van der Waals surface area contributed by atoms with Crippen molar-refractivity contribution in [1.29, 1.82) is 0 Å². The smallest absolute Gasteiger partial charge is 0.236 e. The van der Waals surface area contributed by atoms with Crippen molar-refractivity contribution in [2.45, 2.75) is 25.3 Å². The van der Waals surface area contributed by atoms with E-state index in [0.29, 0.717) is 18.5 Å². The molecule has 2 bridgehead atoms. The Morgan fingerprint density at radius 1 is 1.16 bits per heavy atom. The molecule has 5 nitrogen and oxygen atoms in total. The van der Waals surface area contributed by atoms with Gasteiger partial charge >= 0.3 is 0 Å². The monoisotopic (exact) mass is 345 g/mol. The molecule has 138 valence electrons. The average molecular weight is 345 g/mol. The van der Waals surface area contributed by atoms with Gasteiger partial charge in [-0.05, 0) is 37.3 Å². The van der Waals surface area contributed by atoms with Crippen LogP contribution < -0.4 is 4.74 Å². The van der Waals surface area contributed by atoms with Crippen molar-refractivity contribution < 1.29 is 9.53 Å². The van der Waals surface area contributed by atoms with Crippen molar-refractivity contribution in [3.63, 3.8) is 0 Å². The molecule has 3 aliphatic heterocycles. The average Bonchev–Trinajstić information content (AvgIpc) is 2.90. The fraction of sp³-hybridized carbons (Fsp3) is 0.650. The van der Waals surface area contributed by atoms with E-state index in [1.165, 1.54) is 19.4 Å². The molecule has 5 heteroatoms. The minimum absolute atomic E-state index is 0.212. The van der Waals surface area contributed by atoms with Gasteiger partial charge in [-0.15, -0.1) is 0 Å². The molecule has 1 aromatic rings. The summed E-state index contributed by atoms with van der Waals surface area (Å²) in [6, 6.07) is 10.6. The standard InChI is InChI=1S/C20H31N3O2/c1-21(2)20(24)16-22-13-17-9-10-18(15-22)23(14-17)11-6-12-25-19-7-4-3-5-8-19/h3-5,7-8,17-18H,6,9-16H2,1-2H3/t17-,18+/m1/s1. The fourth-order valence-corrected chi connectivity index (χ4v) is 3.99. The summed E-state index contributed by atoms with van der Waals surface area (Å²) >= 11 is 0. The molecule has 3 aliphatic rings. The minimum atomic E-state index is 0.212. The van der Waals surface area contributed by atoms with Crippen LogP contribution in [-0.4, -0.2) is 80.1 Å². The normalized spacial score (nSPS) is 24.1. The lowest BCUT2D eigenvalue weighted by atomic mass is 9.95. The number of carbonyl (C=O) groups is 1. The number of fused-ring (bicyclic) bond motifs is 4. The Bertz CT molecular complexity index is 549. The molecule has 4 rings (SSSR count). The molecule has 0 spiro atoms. The summed E-state index contributed by atoms with van der Waals surface area (Å²) in [4.78, 5) is 18.7. The van der Waals surface area contributed by atoms with E-state index in [1.807, 2.05) is 44.4 Å². The predicted octanol–water partition coefficient (Wildman–Crippen LogP) is 1.94. The van der Waals surface area contributed by atoms with Crippen LogP contribution in [0.5, 0.6) is 5.75 Å². The van der Waals surface area contributed by atoms with Gasteiger partial charge in [0.1, 0.15) is 5.75 Å². The number of ether oxygens (including phenoxy) is 1. The zero-order valence-electron chi connectivity index (χ0n) is 15.6. The van der Waals surface area contributed by atoms with Crippen LogP contribution in [0.15, 0.2) is 30.3 Å². The molecule has 2 atom stereocenters. The van der Waals surface area contributed by atoms with E-state index in [1.54, 1.807) is 4.90 Å². The Labute approximate surface area is 151 Å². The van der Waals surface area contributed by atoms with Crippen LogP contribution >= 0.6 is 0 Å². The van der Waals surface area contributed by atoms with Gasteiger partial charge in [0.2, 0.25) is 5.91 Å². The summed E-state index contributed by atoms with van der Waals surface area (Å²) in [5, 5.41) is 0. The van der Waals surface area contributed by atoms with Crippen LogP contribution in [0.1, 0.15) is 19.3 Å². The van der Waals surface area contributed by atoms with Gasteiger partial charge in [0.15, 0.2) is 0 Å². The maximum atomic E-state index is 12.0. The van der Waals surface area contributed by atoms with Gasteiger partial charge in [-0.3, -0.25) is 14.6 Å². The molecule has 0 saturated carbocycles. The first-order chi connectivity index (χ1) is 12.1. The van der Waals surface area contributed by atoms with Crippen LogP contribution in [0.3, 0.4) is 0 Å². The van der Waals surface area contributed by atoms with E-state index in [0.717, 1.165) is 38.4 Å². The molecule has 25 heavy (non-hydrogen) atoms. The zero-order valence-corrected chi connectivity index (χ0v) is 15.6. The van der Waals surface area contributed by atoms with E-state index in [2.05, 4.69) is 9.80 Å². The summed E-state index contributed by atoms with van der Waals surface area (Å²) in [6.45, 7) is 5.67. The van der Waals surface area contributed by atoms with Crippen molar-refractivity contribution in [2.24, 2.45) is 5.92 Å². The summed E-state index contributed by atoms with van der Waals surface area (Å²) in [5.41, 5.74) is 0. The highest BCUT2D eigenvalue weighted by atomic mass is 16.5. The lowest BCUT2D eigenvalue weighted by Crippen LogP contribution is -2.45. The summed E-state index contributed by atoms with van der Waals surface area (Å²) in [5.74, 6) is 1.86. The van der Waals surface area contributed by atoms with Gasteiger partial charge in [-0.25, -0.2) is 0 Å². The molecule has 0 radical (unpaired) electrons. The zero-order chi connectivity index (χ0) is 17.6. The molecule has 0 aliphatic carbocycles. The number of likely N-dealkylation sites (N-methyl/N-ethyl adjacent to an activating group) is 1. The number of amides is 1. The van der Waals surface area contributed by atoms with Crippen LogP contribution in [0.2, 0.25) is 0 Å². The van der Waals surface area contributed by atoms with E-state index in [9.17, 15) is 4.79 Å². The quantitative estimate of drug-likeness (QED) is 0.708. The first-order valence-electron chi connectivity index (χ1n) is 9.46. The van der Waals surface area contributed by atoms with Crippen LogP contribution in [0, 0.1) is 5.92 Å². The number of para-hydroxylation sites is 1. The molecular weight excluding hydrogens is 314 g/mol. The number of hydrogen-bond acceptors (Lipinski definition) is 4. The molecule has 1 amide bonds. The maximum Gasteiger partial charge on any atom is 0.236 e. The molecule has 1 aromatic carbocycles. The number of benzene rings is 1. The van der Waals surface area contributed by atoms with E-state index < -0.39 is 0 Å². The first-order valence-corrected chi connectivity index (χ1v) is 9.46. The minimum Gasteiger partial charge on any atom is -0.494 e. The molecule has 0 unspecified atom stereocenters. The Hall–Kier alpha value is -1.59. The number of rotatable bonds is 7.